The molecule has 0 unspecified atom stereocenters. The number of nitrogens with one attached hydrogen (secondary N) is 1. The van der Waals surface area contributed by atoms with Crippen LogP contribution in [0.4, 0.5) is 0 Å². The summed E-state index contributed by atoms with van der Waals surface area (Å²) in [4.78, 5) is 2.31. The number of aryl methyl sites for hydroxylation is 1. The molecule has 5 heteroatoms. The van der Waals surface area contributed by atoms with Gasteiger partial charge in [0.25, 0.3) is 0 Å². The van der Waals surface area contributed by atoms with E-state index in [2.05, 4.69) is 54.5 Å². The Bertz CT molecular complexity index is 757. The van der Waals surface area contributed by atoms with Crippen molar-refractivity contribution in [1.82, 2.24) is 10.2 Å². The number of nitrogens with zero attached hydrogens (tertiary/aromatic N) is 1. The maximum absolute atomic E-state index is 10.1. The van der Waals surface area contributed by atoms with E-state index in [0.717, 1.165) is 30.2 Å². The van der Waals surface area contributed by atoms with Crippen LogP contribution in [0, 0.1) is 18.8 Å². The van der Waals surface area contributed by atoms with Crippen molar-refractivity contribution in [3.8, 4) is 11.3 Å². The average Bonchev–Trinajstić information content (AvgIpc) is 3.32. The number of likely N-dealkylation sites (tertiary alicyclic amines) is 1. The van der Waals surface area contributed by atoms with Crippen LogP contribution in [0.1, 0.15) is 23.8 Å². The molecule has 4 atom stereocenters. The summed E-state index contributed by atoms with van der Waals surface area (Å²) in [6, 6.07) is 12.5. The highest BCUT2D eigenvalue weighted by atomic mass is 16.3. The first-order chi connectivity index (χ1) is 12.6. The largest absolute Gasteiger partial charge is 0.459 e. The molecule has 3 heterocycles. The second kappa shape index (κ2) is 6.82. The van der Waals surface area contributed by atoms with Gasteiger partial charge >= 0.3 is 0 Å². The lowest BCUT2D eigenvalue weighted by atomic mass is 9.79. The predicted octanol–water partition coefficient (Wildman–Crippen LogP) is 2.19. The van der Waals surface area contributed by atoms with E-state index in [1.165, 1.54) is 5.56 Å². The molecule has 2 aliphatic heterocycles. The Morgan fingerprint density at radius 2 is 1.92 bits per heavy atom. The first-order valence-electron chi connectivity index (χ1n) is 9.41. The summed E-state index contributed by atoms with van der Waals surface area (Å²) in [6.07, 6.45) is 0.556. The Balaban J connectivity index is 1.64. The predicted molar refractivity (Wildman–Crippen MR) is 101 cm³/mol. The molecule has 2 aliphatic rings. The minimum atomic E-state index is -0.439. The summed E-state index contributed by atoms with van der Waals surface area (Å²) in [5.41, 5.74) is 1.86. The lowest BCUT2D eigenvalue weighted by molar-refractivity contribution is 0.0988. The molecule has 2 aromatic rings. The van der Waals surface area contributed by atoms with Gasteiger partial charge in [0.1, 0.15) is 11.5 Å². The zero-order valence-corrected chi connectivity index (χ0v) is 15.5. The van der Waals surface area contributed by atoms with Crippen LogP contribution in [0.3, 0.4) is 0 Å². The van der Waals surface area contributed by atoms with Crippen LogP contribution in [-0.2, 0) is 0 Å². The Hall–Kier alpha value is -1.66. The molecule has 2 fully saturated rings. The summed E-state index contributed by atoms with van der Waals surface area (Å²) in [5, 5.41) is 23.3. The molecule has 0 saturated carbocycles. The number of rotatable bonds is 5. The third-order valence-electron chi connectivity index (χ3n) is 6.24. The van der Waals surface area contributed by atoms with Crippen LogP contribution in [0.5, 0.6) is 0 Å². The maximum Gasteiger partial charge on any atom is 0.134 e. The smallest absolute Gasteiger partial charge is 0.134 e. The molecule has 1 aromatic carbocycles. The van der Waals surface area contributed by atoms with E-state index in [0.29, 0.717) is 18.3 Å². The van der Waals surface area contributed by atoms with Crippen molar-refractivity contribution in [2.75, 3.05) is 33.4 Å². The molecular weight excluding hydrogens is 328 g/mol. The van der Waals surface area contributed by atoms with Gasteiger partial charge in [0.05, 0.1) is 12.6 Å². The van der Waals surface area contributed by atoms with Crippen LogP contribution in [-0.4, -0.2) is 54.0 Å². The zero-order valence-electron chi connectivity index (χ0n) is 15.5. The Kier molecular flexibility index (Phi) is 4.65. The van der Waals surface area contributed by atoms with Gasteiger partial charge in [-0.05, 0) is 38.4 Å². The quantitative estimate of drug-likeness (QED) is 0.766. The molecule has 0 bridgehead atoms. The van der Waals surface area contributed by atoms with E-state index in [1.807, 2.05) is 6.07 Å². The van der Waals surface area contributed by atoms with Crippen molar-refractivity contribution in [3.05, 3.63) is 47.7 Å². The van der Waals surface area contributed by atoms with Crippen LogP contribution in [0.2, 0.25) is 0 Å². The number of aliphatic hydroxyl groups is 2. The molecule has 1 aromatic heterocycles. The van der Waals surface area contributed by atoms with Crippen molar-refractivity contribution >= 4 is 0 Å². The van der Waals surface area contributed by atoms with E-state index in [1.54, 1.807) is 0 Å². The van der Waals surface area contributed by atoms with Gasteiger partial charge in [-0.25, -0.2) is 0 Å². The van der Waals surface area contributed by atoms with Gasteiger partial charge in [-0.15, -0.1) is 0 Å². The van der Waals surface area contributed by atoms with E-state index in [4.69, 9.17) is 4.42 Å². The topological polar surface area (TPSA) is 68.9 Å². The standard InChI is InChI=1S/C21H28N2O3/c1-14-3-5-15(6-4-14)18-7-8-19(26-18)20-16-11-23(2)12-17(16)21(13-25,22-20)9-10-24/h3-8,16-17,20,22,24-25H,9-13H2,1-2H3/t16-,17+,20+,21+/m1/s1. The molecule has 26 heavy (non-hydrogen) atoms. The minimum Gasteiger partial charge on any atom is -0.459 e. The third-order valence-corrected chi connectivity index (χ3v) is 6.24. The second-order valence-electron chi connectivity index (χ2n) is 7.97. The van der Waals surface area contributed by atoms with Gasteiger partial charge in [0, 0.05) is 36.7 Å². The second-order valence-corrected chi connectivity index (χ2v) is 7.97. The van der Waals surface area contributed by atoms with Crippen molar-refractivity contribution < 1.29 is 14.6 Å². The summed E-state index contributed by atoms with van der Waals surface area (Å²) in [7, 11) is 2.12. The maximum atomic E-state index is 10.1. The molecule has 4 rings (SSSR count). The number of benzene rings is 1. The SMILES string of the molecule is Cc1ccc(-c2ccc([C@H]3N[C@](CO)(CCO)[C@H]4CN(C)C[C@@H]34)o2)cc1. The summed E-state index contributed by atoms with van der Waals surface area (Å²) >= 11 is 0. The summed E-state index contributed by atoms with van der Waals surface area (Å²) in [6.45, 7) is 4.08. The molecule has 0 radical (unpaired) electrons. The number of furan rings is 1. The van der Waals surface area contributed by atoms with Crippen LogP contribution in [0.15, 0.2) is 40.8 Å². The van der Waals surface area contributed by atoms with Gasteiger partial charge in [-0.3, -0.25) is 5.32 Å². The van der Waals surface area contributed by atoms with E-state index in [-0.39, 0.29) is 19.3 Å². The van der Waals surface area contributed by atoms with Crippen LogP contribution >= 0.6 is 0 Å². The van der Waals surface area contributed by atoms with E-state index in [9.17, 15) is 10.2 Å². The number of aliphatic hydroxyl groups excluding tert-OH is 2. The highest BCUT2D eigenvalue weighted by Gasteiger charge is 2.56. The van der Waals surface area contributed by atoms with E-state index >= 15 is 0 Å². The highest BCUT2D eigenvalue weighted by molar-refractivity contribution is 5.58. The molecule has 140 valence electrons. The molecule has 5 nitrogen and oxygen atoms in total. The summed E-state index contributed by atoms with van der Waals surface area (Å²) in [5.74, 6) is 2.46. The van der Waals surface area contributed by atoms with Gasteiger partial charge in [-0.1, -0.05) is 29.8 Å². The normalized spacial score (nSPS) is 31.5. The van der Waals surface area contributed by atoms with Gasteiger partial charge in [0.2, 0.25) is 0 Å². The van der Waals surface area contributed by atoms with Crippen molar-refractivity contribution in [2.45, 2.75) is 24.9 Å². The zero-order chi connectivity index (χ0) is 18.3. The molecule has 0 amide bonds. The monoisotopic (exact) mass is 356 g/mol. The average molecular weight is 356 g/mol. The lowest BCUT2D eigenvalue weighted by Crippen LogP contribution is -2.51. The molecular formula is C21H28N2O3. The first-order valence-corrected chi connectivity index (χ1v) is 9.41. The fourth-order valence-electron chi connectivity index (χ4n) is 4.85. The number of hydrogen-bond acceptors (Lipinski definition) is 5. The van der Waals surface area contributed by atoms with Gasteiger partial charge in [0.15, 0.2) is 0 Å². The van der Waals surface area contributed by atoms with Gasteiger partial charge in [-0.2, -0.15) is 0 Å². The van der Waals surface area contributed by atoms with Crippen molar-refractivity contribution in [2.24, 2.45) is 11.8 Å². The fraction of sp³-hybridized carbons (Fsp3) is 0.524. The van der Waals surface area contributed by atoms with E-state index < -0.39 is 5.54 Å². The Morgan fingerprint density at radius 1 is 1.15 bits per heavy atom. The lowest BCUT2D eigenvalue weighted by Gasteiger charge is -2.33. The number of fused-ring (bicyclic) bond motifs is 1. The Labute approximate surface area is 154 Å². The third kappa shape index (κ3) is 2.89. The van der Waals surface area contributed by atoms with Crippen LogP contribution < -0.4 is 5.32 Å². The summed E-state index contributed by atoms with van der Waals surface area (Å²) < 4.78 is 6.23. The number of hydrogen-bond donors (Lipinski definition) is 3. The van der Waals surface area contributed by atoms with Crippen molar-refractivity contribution in [1.29, 1.82) is 0 Å². The first kappa shape index (κ1) is 17.7. The fourth-order valence-corrected chi connectivity index (χ4v) is 4.85. The highest BCUT2D eigenvalue weighted by Crippen LogP contribution is 2.48. The molecule has 0 aliphatic carbocycles. The minimum absolute atomic E-state index is 0.0323. The Morgan fingerprint density at radius 3 is 2.62 bits per heavy atom. The molecule has 0 spiro atoms. The van der Waals surface area contributed by atoms with Crippen LogP contribution in [0.25, 0.3) is 11.3 Å². The molecule has 3 N–H and O–H groups in total. The molecule has 2 saturated heterocycles. The van der Waals surface area contributed by atoms with Gasteiger partial charge < -0.3 is 19.5 Å². The van der Waals surface area contributed by atoms with Crippen molar-refractivity contribution in [3.63, 3.8) is 0 Å².